The van der Waals surface area contributed by atoms with E-state index < -0.39 is 0 Å². The van der Waals surface area contributed by atoms with E-state index in [9.17, 15) is 0 Å². The van der Waals surface area contributed by atoms with E-state index in [1.54, 1.807) is 7.11 Å². The van der Waals surface area contributed by atoms with Crippen LogP contribution in [0, 0.1) is 0 Å². The molecule has 0 N–H and O–H groups in total. The molecule has 1 aromatic carbocycles. The van der Waals surface area contributed by atoms with Crippen LogP contribution < -0.4 is 4.74 Å². The highest BCUT2D eigenvalue weighted by atomic mass is 16.5. The fraction of sp³-hybridized carbons (Fsp3) is 0.143. The fourth-order valence-electron chi connectivity index (χ4n) is 1.52. The summed E-state index contributed by atoms with van der Waals surface area (Å²) in [5.74, 6) is 0.909. The fourth-order valence-corrected chi connectivity index (χ4v) is 1.52. The third-order valence-electron chi connectivity index (χ3n) is 2.42. The van der Waals surface area contributed by atoms with Crippen molar-refractivity contribution in [1.29, 1.82) is 0 Å². The van der Waals surface area contributed by atoms with Crippen LogP contribution in [-0.4, -0.2) is 7.11 Å². The Morgan fingerprint density at radius 1 is 1.07 bits per heavy atom. The highest BCUT2D eigenvalue weighted by Crippen LogP contribution is 2.14. The van der Waals surface area contributed by atoms with Gasteiger partial charge in [0.1, 0.15) is 5.75 Å². The molecule has 1 heteroatoms. The second-order valence-corrected chi connectivity index (χ2v) is 3.47. The van der Waals surface area contributed by atoms with Crippen molar-refractivity contribution in [2.45, 2.75) is 6.42 Å². The van der Waals surface area contributed by atoms with E-state index >= 15 is 0 Å². The maximum absolute atomic E-state index is 5.11. The molecule has 15 heavy (non-hydrogen) atoms. The lowest BCUT2D eigenvalue weighted by atomic mass is 10.1. The van der Waals surface area contributed by atoms with Gasteiger partial charge in [0.25, 0.3) is 0 Å². The molecule has 0 aliphatic heterocycles. The Kier molecular flexibility index (Phi) is 3.03. The molecule has 0 saturated heterocycles. The number of methoxy groups -OCH3 is 1. The number of hydrogen-bond acceptors (Lipinski definition) is 1. The highest BCUT2D eigenvalue weighted by molar-refractivity contribution is 5.41. The number of ether oxygens (including phenoxy) is 1. The smallest absolute Gasteiger partial charge is 0.118 e. The third-order valence-corrected chi connectivity index (χ3v) is 2.42. The molecule has 0 heterocycles. The van der Waals surface area contributed by atoms with Gasteiger partial charge in [0, 0.05) is 0 Å². The van der Waals surface area contributed by atoms with Crippen molar-refractivity contribution in [3.63, 3.8) is 0 Å². The van der Waals surface area contributed by atoms with Gasteiger partial charge >= 0.3 is 0 Å². The zero-order valence-electron chi connectivity index (χ0n) is 8.81. The summed E-state index contributed by atoms with van der Waals surface area (Å²) in [6, 6.07) is 8.18. The van der Waals surface area contributed by atoms with Gasteiger partial charge in [-0.1, -0.05) is 42.5 Å². The third kappa shape index (κ3) is 2.59. The van der Waals surface area contributed by atoms with Crippen molar-refractivity contribution < 1.29 is 4.74 Å². The average Bonchev–Trinajstić information content (AvgIpc) is 2.80. The molecule has 0 amide bonds. The van der Waals surface area contributed by atoms with E-state index in [4.69, 9.17) is 4.74 Å². The Balaban J connectivity index is 2.02. The largest absolute Gasteiger partial charge is 0.497 e. The lowest BCUT2D eigenvalue weighted by molar-refractivity contribution is 0.414. The lowest BCUT2D eigenvalue weighted by Crippen LogP contribution is -1.85. The molecule has 0 aromatic heterocycles. The molecule has 1 nitrogen and oxygen atoms in total. The first-order valence-electron chi connectivity index (χ1n) is 5.06. The van der Waals surface area contributed by atoms with Gasteiger partial charge in [-0.05, 0) is 29.7 Å². The summed E-state index contributed by atoms with van der Waals surface area (Å²) in [6.45, 7) is 0. The minimum absolute atomic E-state index is 0.909. The van der Waals surface area contributed by atoms with Gasteiger partial charge in [0.15, 0.2) is 0 Å². The van der Waals surface area contributed by atoms with Crippen LogP contribution in [-0.2, 0) is 6.42 Å². The molecule has 0 bridgehead atoms. The topological polar surface area (TPSA) is 9.23 Å². The lowest BCUT2D eigenvalue weighted by Gasteiger charge is -2.00. The van der Waals surface area contributed by atoms with Crippen molar-refractivity contribution >= 4 is 0 Å². The molecule has 0 radical (unpaired) electrons. The summed E-state index contributed by atoms with van der Waals surface area (Å²) in [4.78, 5) is 0. The van der Waals surface area contributed by atoms with Crippen molar-refractivity contribution in [1.82, 2.24) is 0 Å². The van der Waals surface area contributed by atoms with Crippen molar-refractivity contribution in [2.75, 3.05) is 7.11 Å². The molecular weight excluding hydrogens is 184 g/mol. The maximum Gasteiger partial charge on any atom is 0.118 e. The van der Waals surface area contributed by atoms with Crippen LogP contribution in [0.3, 0.4) is 0 Å². The summed E-state index contributed by atoms with van der Waals surface area (Å²) in [5.41, 5.74) is 2.59. The summed E-state index contributed by atoms with van der Waals surface area (Å²) in [6.07, 6.45) is 11.5. The molecule has 1 aromatic rings. The Hall–Kier alpha value is -1.76. The molecular formula is C14H14O. The number of rotatable bonds is 3. The highest BCUT2D eigenvalue weighted by Gasteiger charge is 1.94. The van der Waals surface area contributed by atoms with Crippen LogP contribution in [0.1, 0.15) is 5.56 Å². The molecule has 0 unspecified atom stereocenters. The van der Waals surface area contributed by atoms with Crippen molar-refractivity contribution in [3.05, 3.63) is 65.8 Å². The van der Waals surface area contributed by atoms with E-state index in [-0.39, 0.29) is 0 Å². The van der Waals surface area contributed by atoms with E-state index in [2.05, 4.69) is 42.5 Å². The molecule has 76 valence electrons. The standard InChI is InChI=1S/C14H14O/c1-15-14-10-8-13(9-11-14)7-6-12-4-2-3-5-12/h2-6,8-11H,7H2,1H3. The van der Waals surface area contributed by atoms with E-state index in [1.807, 2.05) is 12.1 Å². The van der Waals surface area contributed by atoms with Gasteiger partial charge in [0.2, 0.25) is 0 Å². The summed E-state index contributed by atoms with van der Waals surface area (Å²) in [5, 5.41) is 0. The Morgan fingerprint density at radius 3 is 2.33 bits per heavy atom. The molecule has 1 aliphatic rings. The predicted molar refractivity (Wildman–Crippen MR) is 63.1 cm³/mol. The second-order valence-electron chi connectivity index (χ2n) is 3.47. The Labute approximate surface area is 90.4 Å². The van der Waals surface area contributed by atoms with Crippen LogP contribution in [0.4, 0.5) is 0 Å². The summed E-state index contributed by atoms with van der Waals surface area (Å²) < 4.78 is 5.11. The molecule has 0 atom stereocenters. The van der Waals surface area contributed by atoms with Crippen LogP contribution in [0.15, 0.2) is 60.2 Å². The monoisotopic (exact) mass is 198 g/mol. The Morgan fingerprint density at radius 2 is 1.73 bits per heavy atom. The van der Waals surface area contributed by atoms with Crippen molar-refractivity contribution in [2.24, 2.45) is 0 Å². The minimum Gasteiger partial charge on any atom is -0.497 e. The van der Waals surface area contributed by atoms with Gasteiger partial charge in [0.05, 0.1) is 7.11 Å². The molecule has 1 aliphatic carbocycles. The minimum atomic E-state index is 0.909. The van der Waals surface area contributed by atoms with Crippen LogP contribution in [0.2, 0.25) is 0 Å². The summed E-state index contributed by atoms with van der Waals surface area (Å²) in [7, 11) is 1.69. The van der Waals surface area contributed by atoms with Gasteiger partial charge in [-0.25, -0.2) is 0 Å². The zero-order chi connectivity index (χ0) is 10.5. The predicted octanol–water partition coefficient (Wildman–Crippen LogP) is 3.29. The van der Waals surface area contributed by atoms with E-state index in [1.165, 1.54) is 11.1 Å². The van der Waals surface area contributed by atoms with Gasteiger partial charge < -0.3 is 4.74 Å². The van der Waals surface area contributed by atoms with Crippen molar-refractivity contribution in [3.8, 4) is 5.75 Å². The van der Waals surface area contributed by atoms with E-state index in [0.717, 1.165) is 12.2 Å². The first-order chi connectivity index (χ1) is 7.38. The number of allylic oxidation sites excluding steroid dienone is 6. The van der Waals surface area contributed by atoms with Crippen LogP contribution >= 0.6 is 0 Å². The first-order valence-corrected chi connectivity index (χ1v) is 5.06. The zero-order valence-corrected chi connectivity index (χ0v) is 8.81. The molecule has 0 fully saturated rings. The van der Waals surface area contributed by atoms with E-state index in [0.29, 0.717) is 0 Å². The first kappa shape index (κ1) is 9.78. The van der Waals surface area contributed by atoms with Crippen LogP contribution in [0.25, 0.3) is 0 Å². The molecule has 0 saturated carbocycles. The number of hydrogen-bond donors (Lipinski definition) is 0. The second kappa shape index (κ2) is 4.65. The Bertz CT molecular complexity index is 393. The maximum atomic E-state index is 5.11. The quantitative estimate of drug-likeness (QED) is 0.724. The average molecular weight is 198 g/mol. The summed E-state index contributed by atoms with van der Waals surface area (Å²) >= 11 is 0. The van der Waals surface area contributed by atoms with Gasteiger partial charge in [-0.2, -0.15) is 0 Å². The number of benzene rings is 1. The van der Waals surface area contributed by atoms with Gasteiger partial charge in [-0.15, -0.1) is 0 Å². The molecule has 2 rings (SSSR count). The SMILES string of the molecule is COc1ccc(CC=C2C=CC=C2)cc1. The van der Waals surface area contributed by atoms with Crippen LogP contribution in [0.5, 0.6) is 5.75 Å². The molecule has 0 spiro atoms. The van der Waals surface area contributed by atoms with Gasteiger partial charge in [-0.3, -0.25) is 0 Å². The normalized spacial score (nSPS) is 13.3.